The lowest BCUT2D eigenvalue weighted by Crippen LogP contribution is -2.48. The van der Waals surface area contributed by atoms with E-state index in [2.05, 4.69) is 38.1 Å². The zero-order valence-corrected chi connectivity index (χ0v) is 20.9. The van der Waals surface area contributed by atoms with Crippen LogP contribution < -0.4 is 15.5 Å². The van der Waals surface area contributed by atoms with Gasteiger partial charge in [0.1, 0.15) is 0 Å². The highest BCUT2D eigenvalue weighted by molar-refractivity contribution is 14.1. The highest BCUT2D eigenvalue weighted by atomic mass is 127. The summed E-state index contributed by atoms with van der Waals surface area (Å²) in [5.74, 6) is -0.0470. The van der Waals surface area contributed by atoms with Crippen LogP contribution in [0.3, 0.4) is 0 Å². The monoisotopic (exact) mass is 570 g/mol. The van der Waals surface area contributed by atoms with E-state index >= 15 is 0 Å². The number of benzene rings is 2. The van der Waals surface area contributed by atoms with Gasteiger partial charge in [0, 0.05) is 41.9 Å². The van der Waals surface area contributed by atoms with E-state index in [0.717, 1.165) is 28.8 Å². The van der Waals surface area contributed by atoms with Crippen LogP contribution in [0.5, 0.6) is 0 Å². The molecule has 164 valence electrons. The van der Waals surface area contributed by atoms with Gasteiger partial charge in [0.15, 0.2) is 5.11 Å². The molecule has 1 heterocycles. The maximum atomic E-state index is 12.4. The van der Waals surface area contributed by atoms with Crippen LogP contribution in [0, 0.1) is 3.57 Å². The van der Waals surface area contributed by atoms with Gasteiger partial charge in [0.25, 0.3) is 5.91 Å². The van der Waals surface area contributed by atoms with Crippen LogP contribution >= 0.6 is 46.4 Å². The van der Waals surface area contributed by atoms with E-state index in [1.54, 1.807) is 12.1 Å². The molecule has 2 N–H and O–H groups in total. The van der Waals surface area contributed by atoms with Gasteiger partial charge in [-0.15, -0.1) is 0 Å². The Labute approximate surface area is 206 Å². The molecule has 6 nitrogen and oxygen atoms in total. The number of hydrogen-bond donors (Lipinski definition) is 2. The lowest BCUT2D eigenvalue weighted by molar-refractivity contribution is -0.131. The molecule has 1 aliphatic heterocycles. The third-order valence-corrected chi connectivity index (χ3v) is 6.44. The van der Waals surface area contributed by atoms with E-state index in [-0.39, 0.29) is 16.9 Å². The fraction of sp³-hybridized carbons (Fsp3) is 0.318. The number of hydrogen-bond acceptors (Lipinski definition) is 4. The predicted octanol–water partition coefficient (Wildman–Crippen LogP) is 4.52. The van der Waals surface area contributed by atoms with Gasteiger partial charge < -0.3 is 15.1 Å². The Bertz CT molecular complexity index is 980. The van der Waals surface area contributed by atoms with Crippen molar-refractivity contribution < 1.29 is 9.59 Å². The van der Waals surface area contributed by atoms with Crippen molar-refractivity contribution in [2.45, 2.75) is 19.8 Å². The molecule has 0 aromatic heterocycles. The minimum Gasteiger partial charge on any atom is -0.367 e. The summed E-state index contributed by atoms with van der Waals surface area (Å²) in [6.45, 7) is 4.90. The van der Waals surface area contributed by atoms with E-state index in [4.69, 9.17) is 23.8 Å². The molecule has 2 aromatic carbocycles. The zero-order valence-electron chi connectivity index (χ0n) is 17.2. The fourth-order valence-corrected chi connectivity index (χ4v) is 4.53. The SMILES string of the molecule is CCCC(=O)N1CCN(c2ccc(NC(=S)NC(=O)c3ccccc3I)cc2Cl)CC1. The van der Waals surface area contributed by atoms with Crippen molar-refractivity contribution in [3.8, 4) is 0 Å². The van der Waals surface area contributed by atoms with Crippen molar-refractivity contribution in [3.63, 3.8) is 0 Å². The third-order valence-electron chi connectivity index (χ3n) is 4.99. The van der Waals surface area contributed by atoms with Crippen molar-refractivity contribution >= 4 is 74.7 Å². The van der Waals surface area contributed by atoms with E-state index in [0.29, 0.717) is 35.8 Å². The van der Waals surface area contributed by atoms with Gasteiger partial charge in [-0.25, -0.2) is 0 Å². The molecule has 0 spiro atoms. The summed E-state index contributed by atoms with van der Waals surface area (Å²) in [5.41, 5.74) is 2.18. The van der Waals surface area contributed by atoms with E-state index in [9.17, 15) is 9.59 Å². The van der Waals surface area contributed by atoms with Gasteiger partial charge >= 0.3 is 0 Å². The lowest BCUT2D eigenvalue weighted by atomic mass is 10.2. The first-order valence-corrected chi connectivity index (χ1v) is 11.9. The number of halogens is 2. The van der Waals surface area contributed by atoms with Crippen LogP contribution in [0.15, 0.2) is 42.5 Å². The minimum absolute atomic E-state index is 0.205. The smallest absolute Gasteiger partial charge is 0.258 e. The molecule has 1 saturated heterocycles. The second-order valence-corrected chi connectivity index (χ2v) is 9.15. The van der Waals surface area contributed by atoms with Crippen molar-refractivity contribution in [1.29, 1.82) is 0 Å². The zero-order chi connectivity index (χ0) is 22.4. The van der Waals surface area contributed by atoms with Crippen molar-refractivity contribution in [1.82, 2.24) is 10.2 Å². The third kappa shape index (κ3) is 6.30. The number of amides is 2. The number of piperazine rings is 1. The summed E-state index contributed by atoms with van der Waals surface area (Å²) < 4.78 is 0.851. The summed E-state index contributed by atoms with van der Waals surface area (Å²) in [6, 6.07) is 12.9. The molecule has 0 aliphatic carbocycles. The summed E-state index contributed by atoms with van der Waals surface area (Å²) in [5, 5.41) is 6.50. The second-order valence-electron chi connectivity index (χ2n) is 7.17. The molecular formula is C22H24ClIN4O2S. The largest absolute Gasteiger partial charge is 0.367 e. The highest BCUT2D eigenvalue weighted by Gasteiger charge is 2.22. The van der Waals surface area contributed by atoms with E-state index < -0.39 is 0 Å². The summed E-state index contributed by atoms with van der Waals surface area (Å²) in [6.07, 6.45) is 1.47. The van der Waals surface area contributed by atoms with Crippen molar-refractivity contribution in [2.24, 2.45) is 0 Å². The van der Waals surface area contributed by atoms with Crippen LogP contribution in [-0.2, 0) is 4.79 Å². The van der Waals surface area contributed by atoms with Gasteiger partial charge in [-0.05, 0) is 71.6 Å². The van der Waals surface area contributed by atoms with Gasteiger partial charge in [0.05, 0.1) is 16.3 Å². The average molecular weight is 571 g/mol. The molecule has 0 radical (unpaired) electrons. The summed E-state index contributed by atoms with van der Waals surface area (Å²) in [7, 11) is 0. The topological polar surface area (TPSA) is 64.7 Å². The average Bonchev–Trinajstić information content (AvgIpc) is 2.74. The summed E-state index contributed by atoms with van der Waals surface area (Å²) in [4.78, 5) is 28.6. The van der Waals surface area contributed by atoms with E-state index in [1.807, 2.05) is 42.2 Å². The molecule has 1 fully saturated rings. The molecule has 0 unspecified atom stereocenters. The molecule has 31 heavy (non-hydrogen) atoms. The van der Waals surface area contributed by atoms with Crippen LogP contribution in [0.4, 0.5) is 11.4 Å². The first-order valence-electron chi connectivity index (χ1n) is 10.1. The van der Waals surface area contributed by atoms with Gasteiger partial charge in [0.2, 0.25) is 5.91 Å². The standard InChI is InChI=1S/C22H24ClIN4O2S/c1-2-5-20(29)28-12-10-27(11-13-28)19-9-8-15(14-17(19)23)25-22(31)26-21(30)16-6-3-4-7-18(16)24/h3-4,6-9,14H,2,5,10-13H2,1H3,(H2,25,26,30,31). The Balaban J connectivity index is 1.57. The first-order chi connectivity index (χ1) is 14.9. The van der Waals surface area contributed by atoms with Crippen LogP contribution in [0.1, 0.15) is 30.1 Å². The molecule has 0 bridgehead atoms. The first kappa shape index (κ1) is 23.7. The van der Waals surface area contributed by atoms with Crippen LogP contribution in [0.2, 0.25) is 5.02 Å². The Kier molecular flexibility index (Phi) is 8.50. The Morgan fingerprint density at radius 1 is 1.13 bits per heavy atom. The second kappa shape index (κ2) is 11.1. The maximum absolute atomic E-state index is 12.4. The number of rotatable bonds is 5. The predicted molar refractivity (Wildman–Crippen MR) is 138 cm³/mol. The Morgan fingerprint density at radius 3 is 2.48 bits per heavy atom. The highest BCUT2D eigenvalue weighted by Crippen LogP contribution is 2.29. The Morgan fingerprint density at radius 2 is 1.84 bits per heavy atom. The van der Waals surface area contributed by atoms with Gasteiger partial charge in [-0.3, -0.25) is 14.9 Å². The van der Waals surface area contributed by atoms with Crippen LogP contribution in [-0.4, -0.2) is 48.0 Å². The number of anilines is 2. The fourth-order valence-electron chi connectivity index (χ4n) is 3.39. The van der Waals surface area contributed by atoms with E-state index in [1.165, 1.54) is 0 Å². The number of nitrogens with one attached hydrogen (secondary N) is 2. The molecule has 2 amide bonds. The molecular weight excluding hydrogens is 547 g/mol. The maximum Gasteiger partial charge on any atom is 0.258 e. The molecule has 0 atom stereocenters. The van der Waals surface area contributed by atoms with Crippen LogP contribution in [0.25, 0.3) is 0 Å². The molecule has 9 heteroatoms. The molecule has 3 rings (SSSR count). The molecule has 0 saturated carbocycles. The minimum atomic E-state index is -0.263. The number of carbonyl (C=O) groups excluding carboxylic acids is 2. The van der Waals surface area contributed by atoms with Gasteiger partial charge in [-0.1, -0.05) is 30.7 Å². The molecule has 2 aromatic rings. The molecule has 1 aliphatic rings. The number of nitrogens with zero attached hydrogens (tertiary/aromatic N) is 2. The quantitative estimate of drug-likeness (QED) is 0.409. The lowest BCUT2D eigenvalue weighted by Gasteiger charge is -2.36. The van der Waals surface area contributed by atoms with Crippen molar-refractivity contribution in [3.05, 3.63) is 56.6 Å². The normalized spacial score (nSPS) is 13.6. The van der Waals surface area contributed by atoms with Gasteiger partial charge in [-0.2, -0.15) is 0 Å². The Hall–Kier alpha value is -1.91. The number of carbonyl (C=O) groups is 2. The van der Waals surface area contributed by atoms with Crippen molar-refractivity contribution in [2.75, 3.05) is 36.4 Å². The number of thiocarbonyl (C=S) groups is 1. The summed E-state index contributed by atoms with van der Waals surface area (Å²) >= 11 is 13.9.